The molecule has 138 valence electrons. The lowest BCUT2D eigenvalue weighted by Crippen LogP contribution is -2.45. The molecule has 4 rings (SSSR count). The number of benzene rings is 1. The lowest BCUT2D eigenvalue weighted by Gasteiger charge is -2.41. The van der Waals surface area contributed by atoms with E-state index in [-0.39, 0.29) is 0 Å². The van der Waals surface area contributed by atoms with Crippen LogP contribution in [0.5, 0.6) is 5.75 Å². The molecule has 4 nitrogen and oxygen atoms in total. The second kappa shape index (κ2) is 7.52. The molecule has 1 aromatic carbocycles. The van der Waals surface area contributed by atoms with Gasteiger partial charge < -0.3 is 0 Å². The van der Waals surface area contributed by atoms with Gasteiger partial charge in [-0.05, 0) is 69.6 Å². The van der Waals surface area contributed by atoms with Gasteiger partial charge in [0.1, 0.15) is 0 Å². The second-order valence-corrected chi connectivity index (χ2v) is 10.7. The van der Waals surface area contributed by atoms with Crippen LogP contribution in [0.3, 0.4) is 0 Å². The van der Waals surface area contributed by atoms with Gasteiger partial charge in [-0.2, -0.15) is 0 Å². The Morgan fingerprint density at radius 1 is 0.720 bits per heavy atom. The molecule has 1 aromatic rings. The molecule has 3 aliphatic heterocycles. The fourth-order valence-electron chi connectivity index (χ4n) is 4.55. The summed E-state index contributed by atoms with van der Waals surface area (Å²) in [6.07, 6.45) is 7.91. The Balaban J connectivity index is 1.76. The molecule has 0 atom stereocenters. The van der Waals surface area contributed by atoms with E-state index >= 15 is 0 Å². The maximum absolute atomic E-state index is 7.15. The molecule has 0 amide bonds. The van der Waals surface area contributed by atoms with Crippen molar-refractivity contribution < 1.29 is 4.52 Å². The number of aryl methyl sites for hydroxylation is 1. The third-order valence-electron chi connectivity index (χ3n) is 6.13. The van der Waals surface area contributed by atoms with Crippen molar-refractivity contribution in [2.45, 2.75) is 52.4 Å². The fourth-order valence-corrected chi connectivity index (χ4v) is 8.84. The molecule has 0 aromatic heterocycles. The summed E-state index contributed by atoms with van der Waals surface area (Å²) >= 11 is 0. The predicted molar refractivity (Wildman–Crippen MR) is 106 cm³/mol. The Morgan fingerprint density at radius 3 is 1.60 bits per heavy atom. The average Bonchev–Trinajstić information content (AvgIpc) is 3.39. The number of nitrogens with zero attached hydrogens (tertiary/aromatic N) is 3. The molecule has 0 aliphatic carbocycles. The van der Waals surface area contributed by atoms with Crippen molar-refractivity contribution in [1.82, 2.24) is 14.0 Å². The quantitative estimate of drug-likeness (QED) is 0.710. The first-order valence-electron chi connectivity index (χ1n) is 10.1. The first-order valence-corrected chi connectivity index (χ1v) is 11.7. The number of hydrogen-bond acceptors (Lipinski definition) is 4. The molecular formula is C20H33N3OP+. The van der Waals surface area contributed by atoms with Crippen LogP contribution in [0.15, 0.2) is 18.2 Å². The van der Waals surface area contributed by atoms with Crippen molar-refractivity contribution in [2.75, 3.05) is 39.3 Å². The minimum Gasteiger partial charge on any atom is -0.291 e. The van der Waals surface area contributed by atoms with Crippen molar-refractivity contribution in [3.63, 3.8) is 0 Å². The van der Waals surface area contributed by atoms with Crippen molar-refractivity contribution in [3.05, 3.63) is 29.3 Å². The van der Waals surface area contributed by atoms with Gasteiger partial charge in [0.25, 0.3) is 0 Å². The Labute approximate surface area is 153 Å². The molecule has 3 fully saturated rings. The van der Waals surface area contributed by atoms with Gasteiger partial charge in [0.05, 0.1) is 0 Å². The predicted octanol–water partition coefficient (Wildman–Crippen LogP) is 4.65. The van der Waals surface area contributed by atoms with Crippen LogP contribution in [-0.2, 0) is 0 Å². The van der Waals surface area contributed by atoms with Crippen LogP contribution in [0.2, 0.25) is 0 Å². The molecule has 0 saturated carbocycles. The third kappa shape index (κ3) is 3.23. The van der Waals surface area contributed by atoms with Crippen LogP contribution < -0.4 is 4.52 Å². The van der Waals surface area contributed by atoms with Gasteiger partial charge in [0, 0.05) is 39.3 Å². The van der Waals surface area contributed by atoms with Crippen molar-refractivity contribution in [1.29, 1.82) is 0 Å². The highest BCUT2D eigenvalue weighted by molar-refractivity contribution is 7.64. The summed E-state index contributed by atoms with van der Waals surface area (Å²) in [4.78, 5) is 0. The number of hydrogen-bond donors (Lipinski definition) is 0. The molecule has 25 heavy (non-hydrogen) atoms. The average molecular weight is 362 g/mol. The van der Waals surface area contributed by atoms with E-state index in [4.69, 9.17) is 4.52 Å². The topological polar surface area (TPSA) is 19.0 Å². The van der Waals surface area contributed by atoms with Crippen LogP contribution in [0.1, 0.15) is 49.7 Å². The molecule has 3 aliphatic rings. The Hall–Kier alpha value is -0.670. The van der Waals surface area contributed by atoms with Crippen molar-refractivity contribution in [3.8, 4) is 5.75 Å². The van der Waals surface area contributed by atoms with E-state index in [1.165, 1.54) is 88.9 Å². The zero-order valence-corrected chi connectivity index (χ0v) is 16.8. The summed E-state index contributed by atoms with van der Waals surface area (Å²) in [5, 5.41) is 0. The zero-order valence-electron chi connectivity index (χ0n) is 15.9. The standard InChI is InChI=1S/C20H33N3OP/c1-18-10-9-11-20(19(18)2)24-25(21-12-3-4-13-21,22-14-5-6-15-22)23-16-7-8-17-23/h9-11H,3-8,12-17H2,1-2H3/q+1. The van der Waals surface area contributed by atoms with Crippen LogP contribution in [0, 0.1) is 13.8 Å². The molecule has 0 N–H and O–H groups in total. The summed E-state index contributed by atoms with van der Waals surface area (Å²) in [5.74, 6) is 1.11. The summed E-state index contributed by atoms with van der Waals surface area (Å²) in [7, 11) is -1.91. The maximum atomic E-state index is 7.15. The largest absolute Gasteiger partial charge is 0.417 e. The summed E-state index contributed by atoms with van der Waals surface area (Å²) in [5.41, 5.74) is 2.64. The molecule has 3 heterocycles. The second-order valence-electron chi connectivity index (χ2n) is 7.78. The SMILES string of the molecule is Cc1cccc(O[P+](N2CCCC2)(N2CCCC2)N2CCCC2)c1C. The summed E-state index contributed by atoms with van der Waals surface area (Å²) < 4.78 is 15.4. The first-order chi connectivity index (χ1) is 12.2. The zero-order chi connectivity index (χ0) is 17.3. The van der Waals surface area contributed by atoms with Gasteiger partial charge in [-0.3, -0.25) is 4.52 Å². The van der Waals surface area contributed by atoms with E-state index in [2.05, 4.69) is 46.1 Å². The van der Waals surface area contributed by atoms with E-state index < -0.39 is 7.94 Å². The van der Waals surface area contributed by atoms with Crippen LogP contribution in [-0.4, -0.2) is 53.3 Å². The van der Waals surface area contributed by atoms with Gasteiger partial charge in [-0.1, -0.05) is 12.1 Å². The summed E-state index contributed by atoms with van der Waals surface area (Å²) in [6.45, 7) is 11.6. The van der Waals surface area contributed by atoms with Crippen LogP contribution in [0.25, 0.3) is 0 Å². The first kappa shape index (κ1) is 17.7. The Morgan fingerprint density at radius 2 is 1.16 bits per heavy atom. The van der Waals surface area contributed by atoms with E-state index in [9.17, 15) is 0 Å². The maximum Gasteiger partial charge on any atom is 0.417 e. The van der Waals surface area contributed by atoms with E-state index in [0.717, 1.165) is 5.75 Å². The minimum absolute atomic E-state index is 1.11. The van der Waals surface area contributed by atoms with E-state index in [1.54, 1.807) is 0 Å². The Kier molecular flexibility index (Phi) is 5.33. The highest BCUT2D eigenvalue weighted by Crippen LogP contribution is 2.70. The monoisotopic (exact) mass is 362 g/mol. The molecule has 0 radical (unpaired) electrons. The van der Waals surface area contributed by atoms with Crippen molar-refractivity contribution in [2.24, 2.45) is 0 Å². The van der Waals surface area contributed by atoms with Gasteiger partial charge in [0.15, 0.2) is 5.75 Å². The van der Waals surface area contributed by atoms with E-state index in [0.29, 0.717) is 0 Å². The lowest BCUT2D eigenvalue weighted by molar-refractivity contribution is 0.292. The normalized spacial score (nSPS) is 23.6. The smallest absolute Gasteiger partial charge is 0.291 e. The van der Waals surface area contributed by atoms with Crippen LogP contribution in [0.4, 0.5) is 0 Å². The highest BCUT2D eigenvalue weighted by Gasteiger charge is 2.62. The van der Waals surface area contributed by atoms with Crippen LogP contribution >= 0.6 is 7.94 Å². The molecular weight excluding hydrogens is 329 g/mol. The Bertz CT molecular complexity index is 550. The third-order valence-corrected chi connectivity index (χ3v) is 9.98. The van der Waals surface area contributed by atoms with Crippen molar-refractivity contribution >= 4 is 7.94 Å². The highest BCUT2D eigenvalue weighted by atomic mass is 31.2. The fraction of sp³-hybridized carbons (Fsp3) is 0.700. The van der Waals surface area contributed by atoms with Gasteiger partial charge in [-0.15, -0.1) is 14.0 Å². The van der Waals surface area contributed by atoms with E-state index in [1.807, 2.05) is 0 Å². The van der Waals surface area contributed by atoms with Gasteiger partial charge in [0.2, 0.25) is 0 Å². The summed E-state index contributed by atoms with van der Waals surface area (Å²) in [6, 6.07) is 6.55. The van der Waals surface area contributed by atoms with Gasteiger partial charge >= 0.3 is 7.94 Å². The number of rotatable bonds is 5. The van der Waals surface area contributed by atoms with Gasteiger partial charge in [-0.25, -0.2) is 0 Å². The lowest BCUT2D eigenvalue weighted by atomic mass is 10.1. The molecule has 5 heteroatoms. The molecule has 3 saturated heterocycles. The molecule has 0 spiro atoms. The molecule has 0 bridgehead atoms. The molecule has 0 unspecified atom stereocenters. The minimum atomic E-state index is -1.91.